The maximum atomic E-state index is 11.4. The van der Waals surface area contributed by atoms with Gasteiger partial charge in [0.2, 0.25) is 0 Å². The number of carbonyl (C=O) groups excluding carboxylic acids is 2. The molecular formula is C18H18O4S2. The molecule has 6 heteroatoms. The standard InChI is InChI=1S/C18H18O4S2/c1-21-17(19)15-7-3-13(4-8-15)11-23-24-12-14-5-9-16(10-6-14)18(20)22-2/h3-10H,11-12H2,1-2H3. The Morgan fingerprint density at radius 1 is 0.708 bits per heavy atom. The van der Waals surface area contributed by atoms with E-state index in [4.69, 9.17) is 0 Å². The van der Waals surface area contributed by atoms with Crippen molar-refractivity contribution in [2.75, 3.05) is 14.2 Å². The Balaban J connectivity index is 1.76. The van der Waals surface area contributed by atoms with Gasteiger partial charge in [-0.15, -0.1) is 0 Å². The van der Waals surface area contributed by atoms with Crippen LogP contribution in [0.5, 0.6) is 0 Å². The Labute approximate surface area is 149 Å². The first-order valence-corrected chi connectivity index (χ1v) is 9.71. The quantitative estimate of drug-likeness (QED) is 0.415. The van der Waals surface area contributed by atoms with Gasteiger partial charge in [-0.1, -0.05) is 45.9 Å². The summed E-state index contributed by atoms with van der Waals surface area (Å²) in [5.74, 6) is 1.07. The fraction of sp³-hybridized carbons (Fsp3) is 0.222. The Morgan fingerprint density at radius 3 is 1.33 bits per heavy atom. The zero-order chi connectivity index (χ0) is 17.4. The average Bonchev–Trinajstić information content (AvgIpc) is 2.65. The van der Waals surface area contributed by atoms with Gasteiger partial charge < -0.3 is 9.47 Å². The first-order valence-electron chi connectivity index (χ1n) is 7.23. The van der Waals surface area contributed by atoms with Gasteiger partial charge in [0.15, 0.2) is 0 Å². The lowest BCUT2D eigenvalue weighted by Crippen LogP contribution is -2.00. The van der Waals surface area contributed by atoms with Crippen molar-refractivity contribution in [3.8, 4) is 0 Å². The van der Waals surface area contributed by atoms with Crippen molar-refractivity contribution in [1.82, 2.24) is 0 Å². The summed E-state index contributed by atoms with van der Waals surface area (Å²) in [5.41, 5.74) is 3.43. The highest BCUT2D eigenvalue weighted by Crippen LogP contribution is 2.29. The molecule has 0 bridgehead atoms. The molecule has 0 saturated heterocycles. The summed E-state index contributed by atoms with van der Waals surface area (Å²) in [7, 11) is 6.24. The third kappa shape index (κ3) is 5.32. The maximum absolute atomic E-state index is 11.4. The van der Waals surface area contributed by atoms with Crippen molar-refractivity contribution < 1.29 is 19.1 Å². The molecule has 0 aliphatic heterocycles. The largest absolute Gasteiger partial charge is 0.465 e. The highest BCUT2D eigenvalue weighted by atomic mass is 33.1. The minimum absolute atomic E-state index is 0.320. The summed E-state index contributed by atoms with van der Waals surface area (Å²) < 4.78 is 9.35. The lowest BCUT2D eigenvalue weighted by Gasteiger charge is -2.04. The Hall–Kier alpha value is -1.92. The van der Waals surface area contributed by atoms with Crippen LogP contribution in [0.1, 0.15) is 31.8 Å². The molecule has 0 aliphatic carbocycles. The van der Waals surface area contributed by atoms with Gasteiger partial charge in [0, 0.05) is 11.5 Å². The highest BCUT2D eigenvalue weighted by Gasteiger charge is 2.06. The SMILES string of the molecule is COC(=O)c1ccc(CSSCc2ccc(C(=O)OC)cc2)cc1. The third-order valence-electron chi connectivity index (χ3n) is 3.28. The first kappa shape index (κ1) is 18.4. The minimum atomic E-state index is -0.320. The molecule has 0 amide bonds. The molecule has 0 unspecified atom stereocenters. The van der Waals surface area contributed by atoms with Crippen LogP contribution in [0.3, 0.4) is 0 Å². The molecule has 0 atom stereocenters. The Kier molecular flexibility index (Phi) is 7.21. The molecule has 0 spiro atoms. The van der Waals surface area contributed by atoms with Crippen LogP contribution < -0.4 is 0 Å². The van der Waals surface area contributed by atoms with E-state index in [0.717, 1.165) is 22.6 Å². The molecule has 2 aromatic rings. The molecule has 126 valence electrons. The summed E-state index contributed by atoms with van der Waals surface area (Å²) >= 11 is 0. The van der Waals surface area contributed by atoms with Gasteiger partial charge in [0.05, 0.1) is 25.3 Å². The van der Waals surface area contributed by atoms with Crippen molar-refractivity contribution in [1.29, 1.82) is 0 Å². The zero-order valence-corrected chi connectivity index (χ0v) is 15.1. The zero-order valence-electron chi connectivity index (χ0n) is 13.5. The third-order valence-corrected chi connectivity index (χ3v) is 5.56. The molecule has 2 rings (SSSR count). The minimum Gasteiger partial charge on any atom is -0.465 e. The van der Waals surface area contributed by atoms with Crippen molar-refractivity contribution >= 4 is 33.5 Å². The predicted octanol–water partition coefficient (Wildman–Crippen LogP) is 4.34. The van der Waals surface area contributed by atoms with Crippen LogP contribution >= 0.6 is 21.6 Å². The van der Waals surface area contributed by atoms with Crippen molar-refractivity contribution in [3.05, 3.63) is 70.8 Å². The number of esters is 2. The summed E-state index contributed by atoms with van der Waals surface area (Å²) in [6.45, 7) is 0. The van der Waals surface area contributed by atoms with Crippen molar-refractivity contribution in [2.45, 2.75) is 11.5 Å². The fourth-order valence-corrected chi connectivity index (χ4v) is 4.07. The molecule has 2 aromatic carbocycles. The van der Waals surface area contributed by atoms with Gasteiger partial charge in [0.1, 0.15) is 0 Å². The van der Waals surface area contributed by atoms with E-state index in [1.165, 1.54) is 14.2 Å². The number of hydrogen-bond donors (Lipinski definition) is 0. The second kappa shape index (κ2) is 9.39. The van der Waals surface area contributed by atoms with Crippen LogP contribution in [0.2, 0.25) is 0 Å². The van der Waals surface area contributed by atoms with E-state index in [-0.39, 0.29) is 11.9 Å². The van der Waals surface area contributed by atoms with Gasteiger partial charge in [-0.2, -0.15) is 0 Å². The molecule has 0 fully saturated rings. The maximum Gasteiger partial charge on any atom is 0.337 e. The summed E-state index contributed by atoms with van der Waals surface area (Å²) in [4.78, 5) is 22.7. The van der Waals surface area contributed by atoms with Crippen molar-refractivity contribution in [2.24, 2.45) is 0 Å². The molecule has 0 saturated carbocycles. The Morgan fingerprint density at radius 2 is 1.04 bits per heavy atom. The molecule has 0 heterocycles. The van der Waals surface area contributed by atoms with Crippen LogP contribution in [-0.4, -0.2) is 26.2 Å². The first-order chi connectivity index (χ1) is 11.6. The molecule has 4 nitrogen and oxygen atoms in total. The van der Waals surface area contributed by atoms with Crippen LogP contribution in [0, 0.1) is 0 Å². The predicted molar refractivity (Wildman–Crippen MR) is 98.2 cm³/mol. The fourth-order valence-electron chi connectivity index (χ4n) is 1.93. The second-order valence-electron chi connectivity index (χ2n) is 4.90. The molecule has 0 radical (unpaired) electrons. The van der Waals surface area contributed by atoms with Gasteiger partial charge in [-0.3, -0.25) is 0 Å². The topological polar surface area (TPSA) is 52.6 Å². The van der Waals surface area contributed by atoms with Gasteiger partial charge in [-0.05, 0) is 35.4 Å². The van der Waals surface area contributed by atoms with Crippen LogP contribution in [0.4, 0.5) is 0 Å². The van der Waals surface area contributed by atoms with Crippen LogP contribution in [0.15, 0.2) is 48.5 Å². The molecule has 24 heavy (non-hydrogen) atoms. The molecule has 0 aliphatic rings. The van der Waals surface area contributed by atoms with E-state index in [2.05, 4.69) is 9.47 Å². The lowest BCUT2D eigenvalue weighted by molar-refractivity contribution is 0.0592. The molecule has 0 N–H and O–H groups in total. The number of benzene rings is 2. The molecule has 0 aromatic heterocycles. The lowest BCUT2D eigenvalue weighted by atomic mass is 10.1. The van der Waals surface area contributed by atoms with E-state index >= 15 is 0 Å². The van der Waals surface area contributed by atoms with E-state index < -0.39 is 0 Å². The highest BCUT2D eigenvalue weighted by molar-refractivity contribution is 8.76. The smallest absolute Gasteiger partial charge is 0.337 e. The number of rotatable bonds is 7. The monoisotopic (exact) mass is 362 g/mol. The summed E-state index contributed by atoms with van der Waals surface area (Å²) in [5, 5.41) is 0. The van der Waals surface area contributed by atoms with Crippen molar-refractivity contribution in [3.63, 3.8) is 0 Å². The summed E-state index contributed by atoms with van der Waals surface area (Å²) in [6, 6.07) is 14.8. The van der Waals surface area contributed by atoms with E-state index in [1.54, 1.807) is 45.9 Å². The van der Waals surface area contributed by atoms with Crippen LogP contribution in [0.25, 0.3) is 0 Å². The average molecular weight is 362 g/mol. The second-order valence-corrected chi connectivity index (χ2v) is 7.36. The number of hydrogen-bond acceptors (Lipinski definition) is 6. The number of ether oxygens (including phenoxy) is 2. The van der Waals surface area contributed by atoms with E-state index in [0.29, 0.717) is 11.1 Å². The summed E-state index contributed by atoms with van der Waals surface area (Å²) in [6.07, 6.45) is 0. The van der Waals surface area contributed by atoms with Crippen LogP contribution in [-0.2, 0) is 21.0 Å². The van der Waals surface area contributed by atoms with Gasteiger partial charge >= 0.3 is 11.9 Å². The Bertz CT molecular complexity index is 620. The van der Waals surface area contributed by atoms with E-state index in [1.807, 2.05) is 24.3 Å². The normalized spacial score (nSPS) is 10.2. The van der Waals surface area contributed by atoms with Gasteiger partial charge in [0.25, 0.3) is 0 Å². The van der Waals surface area contributed by atoms with E-state index in [9.17, 15) is 9.59 Å². The molecular weight excluding hydrogens is 344 g/mol. The number of methoxy groups -OCH3 is 2. The number of carbonyl (C=O) groups is 2. The van der Waals surface area contributed by atoms with Gasteiger partial charge in [-0.25, -0.2) is 9.59 Å².